The maximum Gasteiger partial charge on any atom is 0.259 e. The Bertz CT molecular complexity index is 1000. The first-order valence-corrected chi connectivity index (χ1v) is 8.73. The molecule has 27 heavy (non-hydrogen) atoms. The van der Waals surface area contributed by atoms with Gasteiger partial charge in [-0.25, -0.2) is 4.39 Å². The van der Waals surface area contributed by atoms with Gasteiger partial charge in [0.15, 0.2) is 16.7 Å². The maximum atomic E-state index is 14.2. The quantitative estimate of drug-likeness (QED) is 0.716. The van der Waals surface area contributed by atoms with Crippen molar-refractivity contribution in [3.05, 3.63) is 52.8 Å². The molecule has 2 aromatic rings. The van der Waals surface area contributed by atoms with E-state index in [0.717, 1.165) is 0 Å². The van der Waals surface area contributed by atoms with Gasteiger partial charge in [0, 0.05) is 11.8 Å². The van der Waals surface area contributed by atoms with Crippen LogP contribution in [0.3, 0.4) is 0 Å². The molecule has 1 aliphatic rings. The van der Waals surface area contributed by atoms with E-state index in [9.17, 15) is 9.18 Å². The summed E-state index contributed by atoms with van der Waals surface area (Å²) in [5.74, 6) is -0.742. The zero-order valence-electron chi connectivity index (χ0n) is 14.8. The minimum Gasteiger partial charge on any atom is -0.494 e. The molecule has 3 rings (SSSR count). The SMILES string of the molecule is COc1ccc(N2C(=S)N(c3ccc(C#N)c(Cl)c3)C(=O)C2(C)C)cc1F. The molecule has 1 amide bonds. The van der Waals surface area contributed by atoms with Crippen molar-refractivity contribution in [3.63, 3.8) is 0 Å². The minimum absolute atomic E-state index is 0.101. The standard InChI is InChI=1S/C19H15ClFN3O2S/c1-19(2)17(25)23(12-5-4-11(10-22)14(20)8-12)18(27)24(19)13-6-7-16(26-3)15(21)9-13/h4-9H,1-3H3. The fourth-order valence-electron chi connectivity index (χ4n) is 2.98. The first-order valence-electron chi connectivity index (χ1n) is 7.94. The van der Waals surface area contributed by atoms with Crippen molar-refractivity contribution in [2.75, 3.05) is 16.9 Å². The highest BCUT2D eigenvalue weighted by Gasteiger charge is 2.50. The van der Waals surface area contributed by atoms with Crippen molar-refractivity contribution in [1.29, 1.82) is 5.26 Å². The van der Waals surface area contributed by atoms with E-state index in [1.807, 2.05) is 6.07 Å². The van der Waals surface area contributed by atoms with E-state index in [0.29, 0.717) is 16.9 Å². The summed E-state index contributed by atoms with van der Waals surface area (Å²) < 4.78 is 19.1. The van der Waals surface area contributed by atoms with Crippen LogP contribution in [0, 0.1) is 17.1 Å². The predicted molar refractivity (Wildman–Crippen MR) is 106 cm³/mol. The molecule has 0 atom stereocenters. The largest absolute Gasteiger partial charge is 0.494 e. The van der Waals surface area contributed by atoms with Gasteiger partial charge >= 0.3 is 0 Å². The number of carbonyl (C=O) groups excluding carboxylic acids is 1. The molecule has 1 saturated heterocycles. The Hall–Kier alpha value is -2.69. The Morgan fingerprint density at radius 2 is 1.89 bits per heavy atom. The number of amides is 1. The van der Waals surface area contributed by atoms with Gasteiger partial charge in [-0.1, -0.05) is 11.6 Å². The zero-order valence-corrected chi connectivity index (χ0v) is 16.4. The van der Waals surface area contributed by atoms with Crippen molar-refractivity contribution < 1.29 is 13.9 Å². The lowest BCUT2D eigenvalue weighted by Crippen LogP contribution is -2.44. The van der Waals surface area contributed by atoms with Crippen LogP contribution in [0.25, 0.3) is 0 Å². The van der Waals surface area contributed by atoms with Gasteiger partial charge in [0.2, 0.25) is 0 Å². The molecule has 0 spiro atoms. The van der Waals surface area contributed by atoms with Gasteiger partial charge < -0.3 is 9.64 Å². The monoisotopic (exact) mass is 403 g/mol. The number of nitrogens with zero attached hydrogens (tertiary/aromatic N) is 3. The third kappa shape index (κ3) is 3.01. The second-order valence-electron chi connectivity index (χ2n) is 6.41. The fourth-order valence-corrected chi connectivity index (χ4v) is 3.72. The molecule has 0 unspecified atom stereocenters. The van der Waals surface area contributed by atoms with Gasteiger partial charge in [0.1, 0.15) is 11.6 Å². The van der Waals surface area contributed by atoms with E-state index in [1.165, 1.54) is 36.3 Å². The van der Waals surface area contributed by atoms with Gasteiger partial charge in [0.25, 0.3) is 5.91 Å². The molecule has 2 aromatic carbocycles. The third-order valence-electron chi connectivity index (χ3n) is 4.39. The summed E-state index contributed by atoms with van der Waals surface area (Å²) in [6, 6.07) is 11.0. The fraction of sp³-hybridized carbons (Fsp3) is 0.211. The summed E-state index contributed by atoms with van der Waals surface area (Å²) in [6.45, 7) is 3.41. The molecule has 0 bridgehead atoms. The molecule has 0 aromatic heterocycles. The molecule has 0 saturated carbocycles. The smallest absolute Gasteiger partial charge is 0.259 e. The van der Waals surface area contributed by atoms with Crippen molar-refractivity contribution >= 4 is 46.2 Å². The summed E-state index contributed by atoms with van der Waals surface area (Å²) in [5, 5.41) is 9.44. The van der Waals surface area contributed by atoms with E-state index in [4.69, 9.17) is 33.8 Å². The Labute approximate surface area is 166 Å². The topological polar surface area (TPSA) is 56.6 Å². The van der Waals surface area contributed by atoms with Crippen LogP contribution in [0.15, 0.2) is 36.4 Å². The van der Waals surface area contributed by atoms with Gasteiger partial charge in [-0.2, -0.15) is 5.26 Å². The number of thiocarbonyl (C=S) groups is 1. The number of ether oxygens (including phenoxy) is 1. The number of rotatable bonds is 3. The van der Waals surface area contributed by atoms with Crippen molar-refractivity contribution in [2.24, 2.45) is 0 Å². The lowest BCUT2D eigenvalue weighted by atomic mass is 10.0. The molecule has 5 nitrogen and oxygen atoms in total. The Balaban J connectivity index is 2.07. The van der Waals surface area contributed by atoms with E-state index in [1.54, 1.807) is 30.9 Å². The second kappa shape index (κ2) is 6.80. The first-order chi connectivity index (χ1) is 12.7. The number of halogens is 2. The van der Waals surface area contributed by atoms with Crippen molar-refractivity contribution in [1.82, 2.24) is 0 Å². The number of hydrogen-bond donors (Lipinski definition) is 0. The Morgan fingerprint density at radius 1 is 1.22 bits per heavy atom. The number of carbonyl (C=O) groups is 1. The van der Waals surface area contributed by atoms with Crippen molar-refractivity contribution in [3.8, 4) is 11.8 Å². The number of anilines is 2. The normalized spacial score (nSPS) is 15.9. The molecule has 1 aliphatic heterocycles. The lowest BCUT2D eigenvalue weighted by molar-refractivity contribution is -0.120. The summed E-state index contributed by atoms with van der Waals surface area (Å²) in [4.78, 5) is 16.0. The number of benzene rings is 2. The highest BCUT2D eigenvalue weighted by Crippen LogP contribution is 2.38. The number of methoxy groups -OCH3 is 1. The van der Waals surface area contributed by atoms with E-state index in [-0.39, 0.29) is 21.8 Å². The summed E-state index contributed by atoms with van der Waals surface area (Å²) in [7, 11) is 1.38. The van der Waals surface area contributed by atoms with Crippen LogP contribution in [0.4, 0.5) is 15.8 Å². The molecular formula is C19H15ClFN3O2S. The van der Waals surface area contributed by atoms with Crippen LogP contribution >= 0.6 is 23.8 Å². The molecular weight excluding hydrogens is 389 g/mol. The molecule has 8 heteroatoms. The minimum atomic E-state index is -1.04. The lowest BCUT2D eigenvalue weighted by Gasteiger charge is -2.29. The van der Waals surface area contributed by atoms with Crippen LogP contribution in [0.5, 0.6) is 5.75 Å². The number of nitriles is 1. The first kappa shape index (κ1) is 19.1. The van der Waals surface area contributed by atoms with Crippen LogP contribution in [-0.2, 0) is 4.79 Å². The van der Waals surface area contributed by atoms with E-state index < -0.39 is 11.4 Å². The van der Waals surface area contributed by atoms with Crippen LogP contribution in [0.2, 0.25) is 5.02 Å². The van der Waals surface area contributed by atoms with Crippen LogP contribution < -0.4 is 14.5 Å². The molecule has 138 valence electrons. The molecule has 1 heterocycles. The van der Waals surface area contributed by atoms with Gasteiger partial charge in [-0.05, 0) is 56.4 Å². The van der Waals surface area contributed by atoms with Gasteiger partial charge in [-0.15, -0.1) is 0 Å². The molecule has 0 radical (unpaired) electrons. The molecule has 1 fully saturated rings. The van der Waals surface area contributed by atoms with Crippen molar-refractivity contribution in [2.45, 2.75) is 19.4 Å². The van der Waals surface area contributed by atoms with Crippen LogP contribution in [-0.4, -0.2) is 23.7 Å². The Morgan fingerprint density at radius 3 is 2.44 bits per heavy atom. The highest BCUT2D eigenvalue weighted by molar-refractivity contribution is 7.81. The molecule has 0 aliphatic carbocycles. The van der Waals surface area contributed by atoms with E-state index >= 15 is 0 Å². The predicted octanol–water partition coefficient (Wildman–Crippen LogP) is 4.28. The molecule has 0 N–H and O–H groups in total. The highest BCUT2D eigenvalue weighted by atomic mass is 35.5. The average molecular weight is 404 g/mol. The van der Waals surface area contributed by atoms with Gasteiger partial charge in [0.05, 0.1) is 23.4 Å². The summed E-state index contributed by atoms with van der Waals surface area (Å²) in [6.07, 6.45) is 0. The van der Waals surface area contributed by atoms with Crippen LogP contribution in [0.1, 0.15) is 19.4 Å². The van der Waals surface area contributed by atoms with Gasteiger partial charge in [-0.3, -0.25) is 9.69 Å². The Kier molecular flexibility index (Phi) is 4.81. The second-order valence-corrected chi connectivity index (χ2v) is 7.18. The summed E-state index contributed by atoms with van der Waals surface area (Å²) in [5.41, 5.74) is 0.127. The third-order valence-corrected chi connectivity index (χ3v) is 5.07. The zero-order chi connectivity index (χ0) is 19.9. The number of hydrogen-bond acceptors (Lipinski definition) is 4. The van der Waals surface area contributed by atoms with E-state index in [2.05, 4.69) is 0 Å². The maximum absolute atomic E-state index is 14.2. The summed E-state index contributed by atoms with van der Waals surface area (Å²) >= 11 is 11.6. The average Bonchev–Trinajstić information content (AvgIpc) is 2.79.